The van der Waals surface area contributed by atoms with Gasteiger partial charge >= 0.3 is 6.01 Å². The number of aromatic nitrogens is 2. The summed E-state index contributed by atoms with van der Waals surface area (Å²) in [7, 11) is 1.52. The second-order valence-electron chi connectivity index (χ2n) is 3.70. The molecule has 1 aromatic heterocycles. The summed E-state index contributed by atoms with van der Waals surface area (Å²) in [5.41, 5.74) is 5.60. The number of morpholine rings is 1. The molecule has 2 N–H and O–H groups in total. The van der Waals surface area contributed by atoms with Crippen LogP contribution in [0.25, 0.3) is 0 Å². The van der Waals surface area contributed by atoms with E-state index in [1.165, 1.54) is 13.3 Å². The second-order valence-corrected chi connectivity index (χ2v) is 4.11. The van der Waals surface area contributed by atoms with Crippen LogP contribution < -0.4 is 15.4 Å². The summed E-state index contributed by atoms with van der Waals surface area (Å²) in [5, 5.41) is 0.503. The van der Waals surface area contributed by atoms with Gasteiger partial charge in [0.05, 0.1) is 26.0 Å². The van der Waals surface area contributed by atoms with Crippen LogP contribution in [0.3, 0.4) is 0 Å². The molecule has 17 heavy (non-hydrogen) atoms. The number of ether oxygens (including phenoxy) is 2. The Balaban J connectivity index is 2.20. The summed E-state index contributed by atoms with van der Waals surface area (Å²) in [6, 6.07) is 0.306. The molecule has 1 saturated heterocycles. The van der Waals surface area contributed by atoms with Crippen molar-refractivity contribution in [3.8, 4) is 6.01 Å². The van der Waals surface area contributed by atoms with E-state index in [4.69, 9.17) is 26.8 Å². The van der Waals surface area contributed by atoms with Crippen LogP contribution in [0.2, 0.25) is 5.02 Å². The van der Waals surface area contributed by atoms with Crippen molar-refractivity contribution in [2.45, 2.75) is 6.10 Å². The molecule has 1 unspecified atom stereocenters. The van der Waals surface area contributed by atoms with E-state index in [1.807, 2.05) is 4.90 Å². The maximum atomic E-state index is 6.08. The van der Waals surface area contributed by atoms with Gasteiger partial charge in [0.25, 0.3) is 0 Å². The van der Waals surface area contributed by atoms with Crippen molar-refractivity contribution in [1.82, 2.24) is 9.97 Å². The zero-order valence-corrected chi connectivity index (χ0v) is 10.4. The number of hydrogen-bond acceptors (Lipinski definition) is 6. The zero-order chi connectivity index (χ0) is 12.3. The van der Waals surface area contributed by atoms with E-state index in [-0.39, 0.29) is 6.10 Å². The SMILES string of the molecule is COc1ncc(Cl)c(N2CCOC(CN)C2)n1. The number of nitrogens with zero attached hydrogens (tertiary/aromatic N) is 3. The fraction of sp³-hybridized carbons (Fsp3) is 0.600. The summed E-state index contributed by atoms with van der Waals surface area (Å²) in [4.78, 5) is 10.2. The largest absolute Gasteiger partial charge is 0.467 e. The highest BCUT2D eigenvalue weighted by Gasteiger charge is 2.22. The number of methoxy groups -OCH3 is 1. The van der Waals surface area contributed by atoms with Crippen LogP contribution in [0.15, 0.2) is 6.20 Å². The molecule has 94 valence electrons. The first-order chi connectivity index (χ1) is 8.24. The second kappa shape index (κ2) is 5.48. The topological polar surface area (TPSA) is 73.5 Å². The van der Waals surface area contributed by atoms with Crippen LogP contribution in [0.4, 0.5) is 5.82 Å². The molecule has 1 aromatic rings. The van der Waals surface area contributed by atoms with Gasteiger partial charge < -0.3 is 20.1 Å². The molecule has 0 saturated carbocycles. The van der Waals surface area contributed by atoms with E-state index in [0.29, 0.717) is 36.5 Å². The lowest BCUT2D eigenvalue weighted by Crippen LogP contribution is -2.46. The quantitative estimate of drug-likeness (QED) is 0.841. The zero-order valence-electron chi connectivity index (χ0n) is 9.60. The average Bonchev–Trinajstić information content (AvgIpc) is 2.39. The number of nitrogens with two attached hydrogens (primary N) is 1. The van der Waals surface area contributed by atoms with E-state index < -0.39 is 0 Å². The third kappa shape index (κ3) is 2.77. The van der Waals surface area contributed by atoms with Crippen LogP contribution in [0.5, 0.6) is 6.01 Å². The van der Waals surface area contributed by atoms with E-state index in [2.05, 4.69) is 9.97 Å². The molecule has 0 aliphatic carbocycles. The maximum absolute atomic E-state index is 6.08. The Morgan fingerprint density at radius 1 is 1.71 bits per heavy atom. The Morgan fingerprint density at radius 3 is 3.24 bits per heavy atom. The highest BCUT2D eigenvalue weighted by atomic mass is 35.5. The maximum Gasteiger partial charge on any atom is 0.318 e. The molecule has 1 aliphatic rings. The van der Waals surface area contributed by atoms with Gasteiger partial charge in [0, 0.05) is 19.6 Å². The smallest absolute Gasteiger partial charge is 0.318 e. The lowest BCUT2D eigenvalue weighted by atomic mass is 10.2. The fourth-order valence-corrected chi connectivity index (χ4v) is 1.93. The minimum Gasteiger partial charge on any atom is -0.467 e. The summed E-state index contributed by atoms with van der Waals surface area (Å²) < 4.78 is 10.5. The molecule has 7 heteroatoms. The number of anilines is 1. The third-order valence-corrected chi connectivity index (χ3v) is 2.85. The average molecular weight is 259 g/mol. The standard InChI is InChI=1S/C10H15ClN4O2/c1-16-10-13-5-8(11)9(14-10)15-2-3-17-7(4-12)6-15/h5,7H,2-4,6,12H2,1H3. The Hall–Kier alpha value is -1.11. The summed E-state index contributed by atoms with van der Waals surface area (Å²) in [6.45, 7) is 2.51. The van der Waals surface area contributed by atoms with Crippen LogP contribution in [0.1, 0.15) is 0 Å². The third-order valence-electron chi connectivity index (χ3n) is 2.59. The first-order valence-corrected chi connectivity index (χ1v) is 5.75. The Morgan fingerprint density at radius 2 is 2.53 bits per heavy atom. The molecule has 1 fully saturated rings. The minimum absolute atomic E-state index is 0.0146. The van der Waals surface area contributed by atoms with Gasteiger partial charge in [0.2, 0.25) is 0 Å². The number of hydrogen-bond donors (Lipinski definition) is 1. The molecular weight excluding hydrogens is 244 g/mol. The van der Waals surface area contributed by atoms with Crippen molar-refractivity contribution in [3.63, 3.8) is 0 Å². The molecule has 0 bridgehead atoms. The van der Waals surface area contributed by atoms with Gasteiger partial charge in [-0.1, -0.05) is 11.6 Å². The van der Waals surface area contributed by atoms with Crippen molar-refractivity contribution in [2.75, 3.05) is 38.3 Å². The van der Waals surface area contributed by atoms with Crippen molar-refractivity contribution in [1.29, 1.82) is 0 Å². The molecule has 0 aromatic carbocycles. The van der Waals surface area contributed by atoms with Gasteiger partial charge in [-0.15, -0.1) is 0 Å². The lowest BCUT2D eigenvalue weighted by Gasteiger charge is -2.33. The van der Waals surface area contributed by atoms with Gasteiger partial charge in [0.15, 0.2) is 5.82 Å². The van der Waals surface area contributed by atoms with E-state index in [9.17, 15) is 0 Å². The summed E-state index contributed by atoms with van der Waals surface area (Å²) in [6.07, 6.45) is 1.55. The molecule has 2 rings (SSSR count). The minimum atomic E-state index is 0.0146. The Kier molecular flexibility index (Phi) is 3.98. The van der Waals surface area contributed by atoms with Crippen LogP contribution in [-0.4, -0.2) is 49.4 Å². The van der Waals surface area contributed by atoms with E-state index in [1.54, 1.807) is 0 Å². The number of halogens is 1. The Bertz CT molecular complexity index is 391. The predicted octanol–water partition coefficient (Wildman–Crippen LogP) is 0.302. The molecular formula is C10H15ClN4O2. The van der Waals surface area contributed by atoms with Crippen LogP contribution in [-0.2, 0) is 4.74 Å². The van der Waals surface area contributed by atoms with E-state index in [0.717, 1.165) is 6.54 Å². The normalized spacial score (nSPS) is 20.4. The molecule has 1 atom stereocenters. The summed E-state index contributed by atoms with van der Waals surface area (Å²) in [5.74, 6) is 0.667. The van der Waals surface area contributed by atoms with Crippen molar-refractivity contribution < 1.29 is 9.47 Å². The first kappa shape index (κ1) is 12.3. The van der Waals surface area contributed by atoms with Gasteiger partial charge in [-0.2, -0.15) is 4.98 Å². The van der Waals surface area contributed by atoms with Crippen molar-refractivity contribution in [2.24, 2.45) is 5.73 Å². The predicted molar refractivity (Wildman–Crippen MR) is 64.6 cm³/mol. The summed E-state index contributed by atoms with van der Waals surface area (Å²) >= 11 is 6.08. The van der Waals surface area contributed by atoms with Gasteiger partial charge in [-0.25, -0.2) is 4.98 Å². The molecule has 1 aliphatic heterocycles. The number of rotatable bonds is 3. The van der Waals surface area contributed by atoms with Crippen LogP contribution >= 0.6 is 11.6 Å². The van der Waals surface area contributed by atoms with Gasteiger partial charge in [0.1, 0.15) is 5.02 Å². The highest BCUT2D eigenvalue weighted by Crippen LogP contribution is 2.25. The molecule has 0 radical (unpaired) electrons. The highest BCUT2D eigenvalue weighted by molar-refractivity contribution is 6.32. The molecule has 0 amide bonds. The molecule has 2 heterocycles. The molecule has 6 nitrogen and oxygen atoms in total. The van der Waals surface area contributed by atoms with Crippen molar-refractivity contribution in [3.05, 3.63) is 11.2 Å². The van der Waals surface area contributed by atoms with Crippen molar-refractivity contribution >= 4 is 17.4 Å². The lowest BCUT2D eigenvalue weighted by molar-refractivity contribution is 0.0462. The van der Waals surface area contributed by atoms with Gasteiger partial charge in [-0.3, -0.25) is 0 Å². The van der Waals surface area contributed by atoms with Crippen LogP contribution in [0, 0.1) is 0 Å². The Labute approximate surface area is 105 Å². The molecule has 0 spiro atoms. The fourth-order valence-electron chi connectivity index (χ4n) is 1.72. The first-order valence-electron chi connectivity index (χ1n) is 5.37. The monoisotopic (exact) mass is 258 g/mol. The van der Waals surface area contributed by atoms with Gasteiger partial charge in [-0.05, 0) is 0 Å². The van der Waals surface area contributed by atoms with E-state index >= 15 is 0 Å².